The van der Waals surface area contributed by atoms with Gasteiger partial charge in [-0.2, -0.15) is 18.2 Å². The number of aromatic nitrogens is 4. The lowest BCUT2D eigenvalue weighted by Crippen LogP contribution is -2.30. The molecule has 1 saturated heterocycles. The van der Waals surface area contributed by atoms with Gasteiger partial charge in [0.15, 0.2) is 5.65 Å². The van der Waals surface area contributed by atoms with E-state index in [1.165, 1.54) is 0 Å². The van der Waals surface area contributed by atoms with Crippen LogP contribution in [-0.2, 0) is 6.18 Å². The lowest BCUT2D eigenvalue weighted by Gasteiger charge is -2.26. The Bertz CT molecular complexity index is 1110. The number of imidazole rings is 1. The molecular weight excluding hydrogens is 419 g/mol. The van der Waals surface area contributed by atoms with E-state index in [4.69, 9.17) is 4.98 Å². The number of hydrogen-bond donors (Lipinski definition) is 3. The molecule has 3 N–H and O–H groups in total. The number of piperidine rings is 1. The van der Waals surface area contributed by atoms with Gasteiger partial charge in [0.1, 0.15) is 5.52 Å². The lowest BCUT2D eigenvalue weighted by molar-refractivity contribution is -0.137. The van der Waals surface area contributed by atoms with E-state index in [0.717, 1.165) is 38.1 Å². The van der Waals surface area contributed by atoms with Crippen molar-refractivity contribution in [3.63, 3.8) is 0 Å². The SMILES string of the molecule is Cc1cc(Nc2nc3cnc(NC(C)(C)C)nc3n2C2CCNCC2)cc(C(F)(F)F)c1. The Hall–Kier alpha value is -2.88. The molecule has 172 valence electrons. The maximum atomic E-state index is 13.3. The van der Waals surface area contributed by atoms with Crippen molar-refractivity contribution in [2.75, 3.05) is 23.7 Å². The fourth-order valence-corrected chi connectivity index (χ4v) is 3.93. The summed E-state index contributed by atoms with van der Waals surface area (Å²) in [6.45, 7) is 9.41. The molecule has 4 rings (SSSR count). The summed E-state index contributed by atoms with van der Waals surface area (Å²) in [7, 11) is 0. The first-order valence-corrected chi connectivity index (χ1v) is 10.7. The summed E-state index contributed by atoms with van der Waals surface area (Å²) in [4.78, 5) is 13.7. The first-order valence-electron chi connectivity index (χ1n) is 10.7. The Kier molecular flexibility index (Phi) is 5.74. The van der Waals surface area contributed by atoms with Gasteiger partial charge in [0.2, 0.25) is 11.9 Å². The van der Waals surface area contributed by atoms with Crippen LogP contribution in [0.1, 0.15) is 50.8 Å². The van der Waals surface area contributed by atoms with E-state index in [1.807, 2.05) is 25.3 Å². The Labute approximate surface area is 184 Å². The van der Waals surface area contributed by atoms with Gasteiger partial charge >= 0.3 is 6.18 Å². The standard InChI is InChI=1S/C22H28F3N7/c1-13-9-14(22(23,24)25)11-15(10-13)28-20-29-17-12-27-19(31-21(2,3)4)30-18(17)32(20)16-5-7-26-8-6-16/h9-12,16,26H,5-8H2,1-4H3,(H,28,29)(H,27,30,31). The van der Waals surface area contributed by atoms with E-state index in [-0.39, 0.29) is 11.6 Å². The van der Waals surface area contributed by atoms with Crippen molar-refractivity contribution in [1.29, 1.82) is 0 Å². The summed E-state index contributed by atoms with van der Waals surface area (Å²) >= 11 is 0. The van der Waals surface area contributed by atoms with Gasteiger partial charge < -0.3 is 16.0 Å². The second-order valence-electron chi connectivity index (χ2n) is 9.27. The molecule has 0 amide bonds. The molecule has 7 nitrogen and oxygen atoms in total. The normalized spacial score (nSPS) is 15.8. The molecule has 1 aromatic carbocycles. The number of rotatable bonds is 4. The zero-order chi connectivity index (χ0) is 23.1. The summed E-state index contributed by atoms with van der Waals surface area (Å²) in [5, 5.41) is 9.74. The molecule has 0 saturated carbocycles. The molecule has 0 radical (unpaired) electrons. The van der Waals surface area contributed by atoms with Crippen LogP contribution in [0.5, 0.6) is 0 Å². The van der Waals surface area contributed by atoms with Crippen molar-refractivity contribution in [2.45, 2.75) is 58.3 Å². The van der Waals surface area contributed by atoms with Gasteiger partial charge in [-0.3, -0.25) is 4.57 Å². The predicted octanol–water partition coefficient (Wildman–Crippen LogP) is 5.03. The van der Waals surface area contributed by atoms with E-state index in [2.05, 4.69) is 25.9 Å². The van der Waals surface area contributed by atoms with Crippen LogP contribution in [-0.4, -0.2) is 38.1 Å². The van der Waals surface area contributed by atoms with Gasteiger partial charge in [-0.1, -0.05) is 0 Å². The number of alkyl halides is 3. The largest absolute Gasteiger partial charge is 0.416 e. The Morgan fingerprint density at radius 2 is 1.78 bits per heavy atom. The molecule has 10 heteroatoms. The van der Waals surface area contributed by atoms with Gasteiger partial charge in [-0.15, -0.1) is 0 Å². The molecular formula is C22H28F3N7. The molecule has 0 spiro atoms. The highest BCUT2D eigenvalue weighted by Gasteiger charge is 2.31. The minimum absolute atomic E-state index is 0.119. The lowest BCUT2D eigenvalue weighted by atomic mass is 10.1. The minimum Gasteiger partial charge on any atom is -0.350 e. The molecule has 0 bridgehead atoms. The molecule has 1 aliphatic heterocycles. The number of aryl methyl sites for hydroxylation is 1. The molecule has 0 aliphatic carbocycles. The highest BCUT2D eigenvalue weighted by Crippen LogP contribution is 2.34. The van der Waals surface area contributed by atoms with Crippen molar-refractivity contribution in [1.82, 2.24) is 24.8 Å². The average molecular weight is 448 g/mol. The number of hydrogen-bond acceptors (Lipinski definition) is 6. The number of nitrogens with zero attached hydrogens (tertiary/aromatic N) is 4. The summed E-state index contributed by atoms with van der Waals surface area (Å²) in [6.07, 6.45) is -1.03. The fraction of sp³-hybridized carbons (Fsp3) is 0.500. The van der Waals surface area contributed by atoms with Crippen molar-refractivity contribution in [3.8, 4) is 0 Å². The molecule has 1 fully saturated rings. The van der Waals surface area contributed by atoms with E-state index in [9.17, 15) is 13.2 Å². The second-order valence-corrected chi connectivity index (χ2v) is 9.27. The van der Waals surface area contributed by atoms with E-state index < -0.39 is 11.7 Å². The van der Waals surface area contributed by atoms with Gasteiger partial charge in [-0.05, 0) is 77.4 Å². The molecule has 1 aliphatic rings. The number of anilines is 3. The van der Waals surface area contributed by atoms with Crippen LogP contribution in [0.15, 0.2) is 24.4 Å². The van der Waals surface area contributed by atoms with Gasteiger partial charge in [-0.25, -0.2) is 9.97 Å². The molecule has 2 aromatic heterocycles. The van der Waals surface area contributed by atoms with E-state index in [1.54, 1.807) is 19.2 Å². The Balaban J connectivity index is 1.79. The number of fused-ring (bicyclic) bond motifs is 1. The predicted molar refractivity (Wildman–Crippen MR) is 119 cm³/mol. The maximum Gasteiger partial charge on any atom is 0.416 e. The van der Waals surface area contributed by atoms with Crippen LogP contribution >= 0.6 is 0 Å². The van der Waals surface area contributed by atoms with Gasteiger partial charge in [0.25, 0.3) is 0 Å². The molecule has 3 aromatic rings. The van der Waals surface area contributed by atoms with Crippen LogP contribution in [0.3, 0.4) is 0 Å². The summed E-state index contributed by atoms with van der Waals surface area (Å²) < 4.78 is 42.0. The van der Waals surface area contributed by atoms with Gasteiger partial charge in [0, 0.05) is 17.3 Å². The van der Waals surface area contributed by atoms with Crippen LogP contribution in [0, 0.1) is 6.92 Å². The van der Waals surface area contributed by atoms with E-state index in [0.29, 0.717) is 34.3 Å². The van der Waals surface area contributed by atoms with Crippen molar-refractivity contribution >= 4 is 28.7 Å². The zero-order valence-electron chi connectivity index (χ0n) is 18.6. The van der Waals surface area contributed by atoms with Crippen LogP contribution < -0.4 is 16.0 Å². The molecule has 3 heterocycles. The number of benzene rings is 1. The maximum absolute atomic E-state index is 13.3. The Morgan fingerprint density at radius 1 is 1.06 bits per heavy atom. The molecule has 32 heavy (non-hydrogen) atoms. The van der Waals surface area contributed by atoms with Gasteiger partial charge in [0.05, 0.1) is 11.8 Å². The number of halogens is 3. The summed E-state index contributed by atoms with van der Waals surface area (Å²) in [5.74, 6) is 0.953. The quantitative estimate of drug-likeness (QED) is 0.521. The van der Waals surface area contributed by atoms with Crippen LogP contribution in [0.25, 0.3) is 11.2 Å². The highest BCUT2D eigenvalue weighted by atomic mass is 19.4. The first kappa shape index (κ1) is 22.3. The highest BCUT2D eigenvalue weighted by molar-refractivity contribution is 5.77. The van der Waals surface area contributed by atoms with Crippen LogP contribution in [0.2, 0.25) is 0 Å². The smallest absolute Gasteiger partial charge is 0.350 e. The second kappa shape index (κ2) is 8.23. The van der Waals surface area contributed by atoms with E-state index >= 15 is 0 Å². The Morgan fingerprint density at radius 3 is 2.44 bits per heavy atom. The molecule has 0 atom stereocenters. The number of nitrogens with one attached hydrogen (secondary N) is 3. The third kappa shape index (κ3) is 4.95. The first-order chi connectivity index (χ1) is 15.0. The van der Waals surface area contributed by atoms with Crippen molar-refractivity contribution in [3.05, 3.63) is 35.5 Å². The third-order valence-corrected chi connectivity index (χ3v) is 5.25. The fourth-order valence-electron chi connectivity index (χ4n) is 3.93. The van der Waals surface area contributed by atoms with Crippen molar-refractivity contribution in [2.24, 2.45) is 0 Å². The topological polar surface area (TPSA) is 79.7 Å². The third-order valence-electron chi connectivity index (χ3n) is 5.25. The molecule has 0 unspecified atom stereocenters. The minimum atomic E-state index is -4.42. The monoisotopic (exact) mass is 447 g/mol. The average Bonchev–Trinajstić information content (AvgIpc) is 3.03. The van der Waals surface area contributed by atoms with Crippen LogP contribution in [0.4, 0.5) is 30.8 Å². The van der Waals surface area contributed by atoms with Crippen molar-refractivity contribution < 1.29 is 13.2 Å². The summed E-state index contributed by atoms with van der Waals surface area (Å²) in [5.41, 5.74) is 1.19. The zero-order valence-corrected chi connectivity index (χ0v) is 18.6. The summed E-state index contributed by atoms with van der Waals surface area (Å²) in [6, 6.07) is 4.04.